The van der Waals surface area contributed by atoms with Gasteiger partial charge in [-0.05, 0) is 40.9 Å². The van der Waals surface area contributed by atoms with Gasteiger partial charge in [-0.15, -0.1) is 0 Å². The van der Waals surface area contributed by atoms with Crippen LogP contribution < -0.4 is 0 Å². The molecular weight excluding hydrogens is 264 g/mol. The maximum Gasteiger partial charge on any atom is 0.00815 e. The van der Waals surface area contributed by atoms with E-state index in [0.717, 1.165) is 12.8 Å². The summed E-state index contributed by atoms with van der Waals surface area (Å²) in [4.78, 5) is 0. The molecule has 1 radical (unpaired) electrons. The lowest BCUT2D eigenvalue weighted by atomic mass is 9.75. The van der Waals surface area contributed by atoms with Crippen LogP contribution in [0.1, 0.15) is 57.7 Å². The summed E-state index contributed by atoms with van der Waals surface area (Å²) in [7, 11) is 0. The molecule has 0 atom stereocenters. The summed E-state index contributed by atoms with van der Waals surface area (Å²) in [5.41, 5.74) is 4.53. The molecule has 0 saturated heterocycles. The second-order valence-electron chi connectivity index (χ2n) is 7.46. The second-order valence-corrected chi connectivity index (χ2v) is 7.46. The third-order valence-electron chi connectivity index (χ3n) is 4.30. The first-order chi connectivity index (χ1) is 10.4. The van der Waals surface area contributed by atoms with E-state index < -0.39 is 0 Å². The van der Waals surface area contributed by atoms with Crippen molar-refractivity contribution >= 4 is 0 Å². The lowest BCUT2D eigenvalue weighted by molar-refractivity contribution is 0.565. The van der Waals surface area contributed by atoms with Gasteiger partial charge in [0.15, 0.2) is 0 Å². The first kappa shape index (κ1) is 16.8. The highest BCUT2D eigenvalue weighted by molar-refractivity contribution is 5.43. The lowest BCUT2D eigenvalue weighted by Gasteiger charge is -2.29. The Bertz CT molecular complexity index is 572. The average molecular weight is 293 g/mol. The van der Waals surface area contributed by atoms with Gasteiger partial charge in [-0.3, -0.25) is 0 Å². The van der Waals surface area contributed by atoms with Crippen LogP contribution in [0, 0.1) is 11.8 Å². The largest absolute Gasteiger partial charge is 0.0622 e. The van der Waals surface area contributed by atoms with Gasteiger partial charge in [0.05, 0.1) is 0 Å². The maximum atomic E-state index is 2.32. The standard InChI is InChI=1S/C22H29/c1-17(2)19(16-15-18-11-7-6-8-12-18)20-13-9-10-14-21(20)22(3,4)5/h6-14,17H,15-16H2,1-5H3. The zero-order valence-electron chi connectivity index (χ0n) is 14.7. The van der Waals surface area contributed by atoms with Gasteiger partial charge in [0.2, 0.25) is 0 Å². The Kier molecular flexibility index (Phi) is 5.45. The van der Waals surface area contributed by atoms with Gasteiger partial charge < -0.3 is 0 Å². The van der Waals surface area contributed by atoms with Crippen LogP contribution in [-0.4, -0.2) is 0 Å². The smallest absolute Gasteiger partial charge is 0.00815 e. The molecule has 0 spiro atoms. The van der Waals surface area contributed by atoms with E-state index in [1.165, 1.54) is 16.7 Å². The molecule has 117 valence electrons. The van der Waals surface area contributed by atoms with E-state index >= 15 is 0 Å². The zero-order valence-corrected chi connectivity index (χ0v) is 14.7. The molecular formula is C22H29. The molecule has 0 unspecified atom stereocenters. The molecule has 2 rings (SSSR count). The van der Waals surface area contributed by atoms with Crippen LogP contribution in [0.15, 0.2) is 54.6 Å². The van der Waals surface area contributed by atoms with E-state index in [0.29, 0.717) is 5.92 Å². The molecule has 2 aromatic rings. The van der Waals surface area contributed by atoms with E-state index in [2.05, 4.69) is 89.2 Å². The minimum atomic E-state index is 0.184. The van der Waals surface area contributed by atoms with Gasteiger partial charge in [-0.2, -0.15) is 0 Å². The topological polar surface area (TPSA) is 0 Å². The first-order valence-electron chi connectivity index (χ1n) is 8.39. The third-order valence-corrected chi connectivity index (χ3v) is 4.30. The number of hydrogen-bond acceptors (Lipinski definition) is 0. The molecule has 0 aliphatic heterocycles. The summed E-state index contributed by atoms with van der Waals surface area (Å²) < 4.78 is 0. The quantitative estimate of drug-likeness (QED) is 0.616. The van der Waals surface area contributed by atoms with Crippen molar-refractivity contribution in [1.82, 2.24) is 0 Å². The van der Waals surface area contributed by atoms with Crippen molar-refractivity contribution in [2.75, 3.05) is 0 Å². The van der Waals surface area contributed by atoms with Crippen molar-refractivity contribution in [3.05, 3.63) is 77.2 Å². The summed E-state index contributed by atoms with van der Waals surface area (Å²) in [6, 6.07) is 19.8. The first-order valence-corrected chi connectivity index (χ1v) is 8.39. The van der Waals surface area contributed by atoms with Gasteiger partial charge in [-0.1, -0.05) is 89.2 Å². The molecule has 0 nitrogen and oxygen atoms in total. The summed E-state index contributed by atoms with van der Waals surface area (Å²) in [5.74, 6) is 2.15. The second kappa shape index (κ2) is 7.13. The zero-order chi connectivity index (χ0) is 16.2. The Morgan fingerprint density at radius 1 is 0.864 bits per heavy atom. The molecule has 0 saturated carbocycles. The molecule has 0 aliphatic rings. The van der Waals surface area contributed by atoms with Crippen molar-refractivity contribution < 1.29 is 0 Å². The van der Waals surface area contributed by atoms with Crippen molar-refractivity contribution in [2.45, 2.75) is 52.9 Å². The van der Waals surface area contributed by atoms with Crippen molar-refractivity contribution in [3.8, 4) is 0 Å². The predicted octanol–water partition coefficient (Wildman–Crippen LogP) is 6.20. The van der Waals surface area contributed by atoms with Crippen LogP contribution in [0.25, 0.3) is 0 Å². The molecule has 0 amide bonds. The predicted molar refractivity (Wildman–Crippen MR) is 97.1 cm³/mol. The Labute approximate surface area is 136 Å². The van der Waals surface area contributed by atoms with Crippen LogP contribution in [0.5, 0.6) is 0 Å². The minimum Gasteiger partial charge on any atom is -0.0622 e. The highest BCUT2D eigenvalue weighted by Crippen LogP contribution is 2.35. The Morgan fingerprint density at radius 2 is 1.45 bits per heavy atom. The van der Waals surface area contributed by atoms with Gasteiger partial charge in [0, 0.05) is 5.92 Å². The number of rotatable bonds is 5. The van der Waals surface area contributed by atoms with Crippen LogP contribution in [0.2, 0.25) is 0 Å². The van der Waals surface area contributed by atoms with Gasteiger partial charge in [0.25, 0.3) is 0 Å². The van der Waals surface area contributed by atoms with E-state index in [4.69, 9.17) is 0 Å². The van der Waals surface area contributed by atoms with Crippen molar-refractivity contribution in [2.24, 2.45) is 5.92 Å². The fraction of sp³-hybridized carbons (Fsp3) is 0.409. The molecule has 22 heavy (non-hydrogen) atoms. The molecule has 0 aliphatic carbocycles. The molecule has 0 aromatic heterocycles. The van der Waals surface area contributed by atoms with Gasteiger partial charge in [-0.25, -0.2) is 0 Å². The molecule has 2 aromatic carbocycles. The Hall–Kier alpha value is -1.56. The summed E-state index contributed by atoms with van der Waals surface area (Å²) in [5, 5.41) is 0. The maximum absolute atomic E-state index is 2.32. The highest BCUT2D eigenvalue weighted by Gasteiger charge is 2.24. The van der Waals surface area contributed by atoms with E-state index in [1.54, 1.807) is 5.92 Å². The number of benzene rings is 2. The van der Waals surface area contributed by atoms with E-state index in [-0.39, 0.29) is 5.41 Å². The lowest BCUT2D eigenvalue weighted by Crippen LogP contribution is -2.19. The number of aryl methyl sites for hydroxylation is 1. The van der Waals surface area contributed by atoms with Gasteiger partial charge in [0.1, 0.15) is 0 Å². The fourth-order valence-electron chi connectivity index (χ4n) is 3.08. The molecule has 0 heterocycles. The fourth-order valence-corrected chi connectivity index (χ4v) is 3.08. The van der Waals surface area contributed by atoms with Crippen LogP contribution in [0.4, 0.5) is 0 Å². The van der Waals surface area contributed by atoms with Crippen molar-refractivity contribution in [1.29, 1.82) is 0 Å². The summed E-state index contributed by atoms with van der Waals surface area (Å²) in [6.07, 6.45) is 2.25. The van der Waals surface area contributed by atoms with Crippen LogP contribution in [-0.2, 0) is 11.8 Å². The number of hydrogen-bond donors (Lipinski definition) is 0. The molecule has 0 bridgehead atoms. The van der Waals surface area contributed by atoms with Crippen molar-refractivity contribution in [3.63, 3.8) is 0 Å². The molecule has 0 fully saturated rings. The third kappa shape index (κ3) is 4.22. The minimum absolute atomic E-state index is 0.184. The monoisotopic (exact) mass is 293 g/mol. The molecule has 0 N–H and O–H groups in total. The van der Waals surface area contributed by atoms with Crippen LogP contribution >= 0.6 is 0 Å². The SMILES string of the molecule is CC(C)[C](CCc1ccccc1)c1ccccc1C(C)(C)C. The Balaban J connectivity index is 2.25. The molecule has 0 heteroatoms. The normalized spacial score (nSPS) is 12.1. The van der Waals surface area contributed by atoms with Crippen LogP contribution in [0.3, 0.4) is 0 Å². The average Bonchev–Trinajstić information content (AvgIpc) is 2.47. The summed E-state index contributed by atoms with van der Waals surface area (Å²) >= 11 is 0. The van der Waals surface area contributed by atoms with E-state index in [9.17, 15) is 0 Å². The Morgan fingerprint density at radius 3 is 2.05 bits per heavy atom. The van der Waals surface area contributed by atoms with Gasteiger partial charge >= 0.3 is 0 Å². The highest BCUT2D eigenvalue weighted by atomic mass is 14.3. The van der Waals surface area contributed by atoms with E-state index in [1.807, 2.05) is 0 Å². The summed E-state index contributed by atoms with van der Waals surface area (Å²) in [6.45, 7) is 11.6.